The van der Waals surface area contributed by atoms with Gasteiger partial charge in [-0.2, -0.15) is 0 Å². The molecule has 0 aromatic heterocycles. The Labute approximate surface area is 193 Å². The van der Waals surface area contributed by atoms with Gasteiger partial charge in [-0.1, -0.05) is 29.8 Å². The first kappa shape index (κ1) is 23.6. The van der Waals surface area contributed by atoms with Gasteiger partial charge >= 0.3 is 0 Å². The third kappa shape index (κ3) is 6.02. The van der Waals surface area contributed by atoms with Crippen LogP contribution >= 0.6 is 11.6 Å². The number of ether oxygens (including phenoxy) is 1. The molecule has 32 heavy (non-hydrogen) atoms. The maximum Gasteiger partial charge on any atom is 0.263 e. The summed E-state index contributed by atoms with van der Waals surface area (Å²) < 4.78 is 33.5. The average molecular weight is 473 g/mol. The molecule has 0 aliphatic carbocycles. The Hall–Kier alpha value is -3.03. The highest BCUT2D eigenvalue weighted by molar-refractivity contribution is 7.92. The van der Waals surface area contributed by atoms with Crippen molar-refractivity contribution in [1.82, 2.24) is 5.32 Å². The molecular weight excluding hydrogens is 448 g/mol. The Morgan fingerprint density at radius 2 is 1.62 bits per heavy atom. The summed E-state index contributed by atoms with van der Waals surface area (Å²) in [5, 5.41) is 2.85. The topological polar surface area (TPSA) is 84.5 Å². The van der Waals surface area contributed by atoms with Crippen LogP contribution in [0.25, 0.3) is 0 Å². The minimum atomic E-state index is -3.98. The number of halogens is 1. The van der Waals surface area contributed by atoms with Gasteiger partial charge in [0.05, 0.1) is 12.1 Å². The summed E-state index contributed by atoms with van der Waals surface area (Å²) in [6.45, 7) is 4.17. The quantitative estimate of drug-likeness (QED) is 0.496. The molecule has 3 rings (SSSR count). The molecule has 168 valence electrons. The zero-order valence-corrected chi connectivity index (χ0v) is 19.7. The van der Waals surface area contributed by atoms with E-state index in [0.29, 0.717) is 18.7 Å². The largest absolute Gasteiger partial charge is 0.497 e. The standard InChI is InChI=1S/C24H25ClN2O4S/c1-16-12-17(2)14-20(13-16)27-32(29,30)23-15-19(6-9-22(23)25)24(28)26-11-10-18-4-7-21(31-3)8-5-18/h4-9,12-15,27H,10-11H2,1-3H3,(H,26,28). The molecular formula is C24H25ClN2O4S. The van der Waals surface area contributed by atoms with Crippen LogP contribution in [0.4, 0.5) is 5.69 Å². The lowest BCUT2D eigenvalue weighted by molar-refractivity contribution is 0.0954. The Morgan fingerprint density at radius 1 is 0.969 bits per heavy atom. The molecule has 1 amide bonds. The molecule has 0 saturated carbocycles. The molecule has 0 radical (unpaired) electrons. The van der Waals surface area contributed by atoms with E-state index < -0.39 is 10.0 Å². The van der Waals surface area contributed by atoms with Crippen LogP contribution in [0.1, 0.15) is 27.0 Å². The third-order valence-corrected chi connectivity index (χ3v) is 6.68. The summed E-state index contributed by atoms with van der Waals surface area (Å²) in [6, 6.07) is 17.2. The fourth-order valence-corrected chi connectivity index (χ4v) is 4.88. The molecule has 0 atom stereocenters. The molecule has 8 heteroatoms. The van der Waals surface area contributed by atoms with Crippen LogP contribution in [0.15, 0.2) is 65.6 Å². The van der Waals surface area contributed by atoms with Gasteiger partial charge in [-0.05, 0) is 79.4 Å². The van der Waals surface area contributed by atoms with Crippen molar-refractivity contribution in [2.75, 3.05) is 18.4 Å². The summed E-state index contributed by atoms with van der Waals surface area (Å²) in [5.74, 6) is 0.389. The van der Waals surface area contributed by atoms with E-state index in [1.807, 2.05) is 44.2 Å². The second-order valence-electron chi connectivity index (χ2n) is 7.48. The number of benzene rings is 3. The zero-order valence-electron chi connectivity index (χ0n) is 18.1. The minimum Gasteiger partial charge on any atom is -0.497 e. The van der Waals surface area contributed by atoms with E-state index >= 15 is 0 Å². The van der Waals surface area contributed by atoms with Crippen LogP contribution in [-0.2, 0) is 16.4 Å². The molecule has 0 fully saturated rings. The van der Waals surface area contributed by atoms with E-state index in [4.69, 9.17) is 16.3 Å². The molecule has 0 saturated heterocycles. The number of carbonyl (C=O) groups is 1. The number of sulfonamides is 1. The molecule has 0 heterocycles. The first-order chi connectivity index (χ1) is 15.2. The van der Waals surface area contributed by atoms with Gasteiger partial charge in [0, 0.05) is 17.8 Å². The van der Waals surface area contributed by atoms with E-state index in [1.54, 1.807) is 19.2 Å². The normalized spacial score (nSPS) is 11.1. The Morgan fingerprint density at radius 3 is 2.25 bits per heavy atom. The second kappa shape index (κ2) is 10.1. The van der Waals surface area contributed by atoms with Crippen molar-refractivity contribution in [3.63, 3.8) is 0 Å². The maximum atomic E-state index is 12.9. The van der Waals surface area contributed by atoms with Crippen molar-refractivity contribution in [2.24, 2.45) is 0 Å². The highest BCUT2D eigenvalue weighted by Crippen LogP contribution is 2.26. The van der Waals surface area contributed by atoms with Crippen LogP contribution in [0.5, 0.6) is 5.75 Å². The van der Waals surface area contributed by atoms with Gasteiger partial charge in [-0.25, -0.2) is 8.42 Å². The van der Waals surface area contributed by atoms with E-state index in [1.165, 1.54) is 18.2 Å². The number of amides is 1. The third-order valence-electron chi connectivity index (χ3n) is 4.82. The van der Waals surface area contributed by atoms with E-state index in [9.17, 15) is 13.2 Å². The maximum absolute atomic E-state index is 12.9. The van der Waals surface area contributed by atoms with Gasteiger partial charge in [0.1, 0.15) is 10.6 Å². The van der Waals surface area contributed by atoms with Crippen molar-refractivity contribution in [2.45, 2.75) is 25.2 Å². The molecule has 2 N–H and O–H groups in total. The summed E-state index contributed by atoms with van der Waals surface area (Å²) in [7, 11) is -2.37. The molecule has 3 aromatic carbocycles. The smallest absolute Gasteiger partial charge is 0.263 e. The Balaban J connectivity index is 1.71. The lowest BCUT2D eigenvalue weighted by Gasteiger charge is -2.12. The van der Waals surface area contributed by atoms with E-state index in [2.05, 4.69) is 10.0 Å². The van der Waals surface area contributed by atoms with Crippen molar-refractivity contribution in [1.29, 1.82) is 0 Å². The highest BCUT2D eigenvalue weighted by Gasteiger charge is 2.20. The van der Waals surface area contributed by atoms with Gasteiger partial charge in [0.2, 0.25) is 0 Å². The fourth-order valence-electron chi connectivity index (χ4n) is 3.31. The Kier molecular flexibility index (Phi) is 7.43. The van der Waals surface area contributed by atoms with Crippen LogP contribution < -0.4 is 14.8 Å². The number of rotatable bonds is 8. The van der Waals surface area contributed by atoms with Crippen molar-refractivity contribution < 1.29 is 17.9 Å². The SMILES string of the molecule is COc1ccc(CCNC(=O)c2ccc(Cl)c(S(=O)(=O)Nc3cc(C)cc(C)c3)c2)cc1. The molecule has 0 aliphatic heterocycles. The minimum absolute atomic E-state index is 0.0386. The summed E-state index contributed by atoms with van der Waals surface area (Å²) in [5.41, 5.74) is 3.55. The van der Waals surface area contributed by atoms with Gasteiger partial charge in [0.25, 0.3) is 15.9 Å². The highest BCUT2D eigenvalue weighted by atomic mass is 35.5. The number of carbonyl (C=O) groups excluding carboxylic acids is 1. The fraction of sp³-hybridized carbons (Fsp3) is 0.208. The molecule has 0 spiro atoms. The molecule has 3 aromatic rings. The van der Waals surface area contributed by atoms with Gasteiger partial charge < -0.3 is 10.1 Å². The monoisotopic (exact) mass is 472 g/mol. The first-order valence-corrected chi connectivity index (χ1v) is 11.9. The number of hydrogen-bond donors (Lipinski definition) is 2. The predicted molar refractivity (Wildman–Crippen MR) is 127 cm³/mol. The summed E-state index contributed by atoms with van der Waals surface area (Å²) in [4.78, 5) is 12.4. The molecule has 6 nitrogen and oxygen atoms in total. The molecule has 0 bridgehead atoms. The van der Waals surface area contributed by atoms with Gasteiger partial charge in [-0.3, -0.25) is 9.52 Å². The van der Waals surface area contributed by atoms with Crippen molar-refractivity contribution in [3.8, 4) is 5.75 Å². The zero-order chi connectivity index (χ0) is 23.3. The number of nitrogens with one attached hydrogen (secondary N) is 2. The van der Waals surface area contributed by atoms with Crippen molar-refractivity contribution >= 4 is 33.2 Å². The molecule has 0 aliphatic rings. The van der Waals surface area contributed by atoms with Crippen LogP contribution in [0, 0.1) is 13.8 Å². The van der Waals surface area contributed by atoms with Crippen LogP contribution in [0.2, 0.25) is 5.02 Å². The van der Waals surface area contributed by atoms with Gasteiger partial charge in [0.15, 0.2) is 0 Å². The number of hydrogen-bond acceptors (Lipinski definition) is 4. The van der Waals surface area contributed by atoms with Gasteiger partial charge in [-0.15, -0.1) is 0 Å². The number of anilines is 1. The number of aryl methyl sites for hydroxylation is 2. The lowest BCUT2D eigenvalue weighted by atomic mass is 10.1. The summed E-state index contributed by atoms with van der Waals surface area (Å²) >= 11 is 6.16. The lowest BCUT2D eigenvalue weighted by Crippen LogP contribution is -2.26. The number of methoxy groups -OCH3 is 1. The van der Waals surface area contributed by atoms with E-state index in [-0.39, 0.29) is 21.4 Å². The van der Waals surface area contributed by atoms with E-state index in [0.717, 1.165) is 22.4 Å². The second-order valence-corrected chi connectivity index (χ2v) is 9.54. The van der Waals surface area contributed by atoms with Crippen molar-refractivity contribution in [3.05, 3.63) is 87.9 Å². The summed E-state index contributed by atoms with van der Waals surface area (Å²) in [6.07, 6.45) is 0.628. The average Bonchev–Trinajstić information content (AvgIpc) is 2.73. The first-order valence-electron chi connectivity index (χ1n) is 10.00. The Bertz CT molecular complexity index is 1200. The molecule has 0 unspecified atom stereocenters. The van der Waals surface area contributed by atoms with Crippen LogP contribution in [0.3, 0.4) is 0 Å². The predicted octanol–water partition coefficient (Wildman–Crippen LogP) is 4.74. The van der Waals surface area contributed by atoms with Crippen LogP contribution in [-0.4, -0.2) is 28.0 Å².